The number of aryl methyl sites for hydroxylation is 1. The highest BCUT2D eigenvalue weighted by atomic mass is 32.2. The van der Waals surface area contributed by atoms with Crippen molar-refractivity contribution in [2.45, 2.75) is 20.3 Å². The van der Waals surface area contributed by atoms with Crippen molar-refractivity contribution in [1.29, 1.82) is 0 Å². The first-order valence-electron chi connectivity index (χ1n) is 8.56. The molecule has 8 heteroatoms. The molecule has 0 spiro atoms. The van der Waals surface area contributed by atoms with Gasteiger partial charge in [-0.25, -0.2) is 9.10 Å². The standard InChI is InChI=1S/C18H22N2O4S2/c1-11-6-12(2)9-20(8-11)26-18(23)25-10-15(21)13-4-5-16-14(7-13)19(3)17(22)24-16/h4-5,7,11-12H,6,8-10H2,1-3H3. The predicted octanol–water partition coefficient (Wildman–Crippen LogP) is 3.79. The van der Waals surface area contributed by atoms with Gasteiger partial charge in [0.25, 0.3) is 4.45 Å². The molecule has 140 valence electrons. The van der Waals surface area contributed by atoms with Crippen LogP contribution in [0.25, 0.3) is 11.1 Å². The van der Waals surface area contributed by atoms with Crippen LogP contribution in [0, 0.1) is 11.8 Å². The number of Topliss-reactive ketones (excluding diaryl/α,β-unsaturated/α-hetero) is 1. The molecular weight excluding hydrogens is 372 g/mol. The summed E-state index contributed by atoms with van der Waals surface area (Å²) < 4.78 is 8.47. The molecule has 1 aliphatic heterocycles. The first-order valence-corrected chi connectivity index (χ1v) is 10.3. The van der Waals surface area contributed by atoms with E-state index in [2.05, 4.69) is 18.2 Å². The molecular formula is C18H22N2O4S2. The van der Waals surface area contributed by atoms with Gasteiger partial charge in [-0.1, -0.05) is 25.6 Å². The number of hydrogen-bond donors (Lipinski definition) is 0. The predicted molar refractivity (Wildman–Crippen MR) is 106 cm³/mol. The zero-order chi connectivity index (χ0) is 18.8. The molecule has 2 heterocycles. The van der Waals surface area contributed by atoms with Crippen LogP contribution in [0.15, 0.2) is 27.4 Å². The Morgan fingerprint density at radius 3 is 2.62 bits per heavy atom. The maximum atomic E-state index is 12.4. The molecule has 0 radical (unpaired) electrons. The molecule has 1 fully saturated rings. The third kappa shape index (κ3) is 4.42. The Hall–Kier alpha value is -1.51. The second kappa shape index (κ2) is 8.02. The van der Waals surface area contributed by atoms with E-state index < -0.39 is 5.76 Å². The van der Waals surface area contributed by atoms with E-state index in [-0.39, 0.29) is 16.0 Å². The molecule has 1 aromatic carbocycles. The normalized spacial score (nSPS) is 21.2. The molecule has 1 aromatic heterocycles. The molecule has 26 heavy (non-hydrogen) atoms. The van der Waals surface area contributed by atoms with Crippen LogP contribution in [0.1, 0.15) is 30.6 Å². The summed E-state index contributed by atoms with van der Waals surface area (Å²) in [7, 11) is 1.60. The third-order valence-electron chi connectivity index (χ3n) is 4.47. The highest BCUT2D eigenvalue weighted by Crippen LogP contribution is 2.29. The van der Waals surface area contributed by atoms with Crippen molar-refractivity contribution in [3.8, 4) is 0 Å². The SMILES string of the molecule is CC1CC(C)CN(SC(=O)SCC(=O)c2ccc3oc(=O)n(C)c3c2)C1. The average Bonchev–Trinajstić information content (AvgIpc) is 2.86. The van der Waals surface area contributed by atoms with Gasteiger partial charge in [-0.15, -0.1) is 0 Å². The molecule has 3 rings (SSSR count). The van der Waals surface area contributed by atoms with Crippen molar-refractivity contribution < 1.29 is 14.0 Å². The van der Waals surface area contributed by atoms with Gasteiger partial charge in [-0.2, -0.15) is 0 Å². The van der Waals surface area contributed by atoms with E-state index in [1.165, 1.54) is 22.9 Å². The monoisotopic (exact) mass is 394 g/mol. The molecule has 1 aliphatic rings. The highest BCUT2D eigenvalue weighted by Gasteiger charge is 2.24. The van der Waals surface area contributed by atoms with Crippen molar-refractivity contribution >= 4 is 45.0 Å². The molecule has 1 saturated heterocycles. The van der Waals surface area contributed by atoms with Gasteiger partial charge in [0.1, 0.15) is 0 Å². The maximum Gasteiger partial charge on any atom is 0.419 e. The number of ketones is 1. The average molecular weight is 395 g/mol. The molecule has 0 aliphatic carbocycles. The van der Waals surface area contributed by atoms with Gasteiger partial charge in [0.05, 0.1) is 11.3 Å². The first kappa shape index (κ1) is 19.3. The summed E-state index contributed by atoms with van der Waals surface area (Å²) in [6.45, 7) is 6.20. The highest BCUT2D eigenvalue weighted by molar-refractivity contribution is 8.37. The molecule has 0 N–H and O–H groups in total. The van der Waals surface area contributed by atoms with Gasteiger partial charge in [-0.3, -0.25) is 14.2 Å². The first-order chi connectivity index (χ1) is 12.3. The summed E-state index contributed by atoms with van der Waals surface area (Å²) in [5, 5.41) is 0. The second-order valence-electron chi connectivity index (χ2n) is 6.96. The van der Waals surface area contributed by atoms with Gasteiger partial charge in [0.15, 0.2) is 11.4 Å². The molecule has 0 bridgehead atoms. The lowest BCUT2D eigenvalue weighted by Gasteiger charge is -2.33. The van der Waals surface area contributed by atoms with Crippen LogP contribution in [0.5, 0.6) is 0 Å². The Morgan fingerprint density at radius 1 is 1.23 bits per heavy atom. The lowest BCUT2D eigenvalue weighted by molar-refractivity contribution is 0.102. The van der Waals surface area contributed by atoms with Crippen molar-refractivity contribution in [2.24, 2.45) is 18.9 Å². The van der Waals surface area contributed by atoms with Crippen LogP contribution in [0.4, 0.5) is 4.79 Å². The number of thioether (sulfide) groups is 1. The molecule has 0 amide bonds. The minimum atomic E-state index is -0.462. The van der Waals surface area contributed by atoms with E-state index in [9.17, 15) is 14.4 Å². The number of rotatable bonds is 4. The summed E-state index contributed by atoms with van der Waals surface area (Å²) in [6.07, 6.45) is 1.19. The molecule has 2 unspecified atom stereocenters. The minimum absolute atomic E-state index is 0.0589. The molecule has 6 nitrogen and oxygen atoms in total. The van der Waals surface area contributed by atoms with Gasteiger partial charge in [-0.05, 0) is 36.5 Å². The Bertz CT molecular complexity index is 879. The molecule has 2 aromatic rings. The maximum absolute atomic E-state index is 12.4. The lowest BCUT2D eigenvalue weighted by Crippen LogP contribution is -2.34. The quantitative estimate of drug-likeness (QED) is 0.577. The van der Waals surface area contributed by atoms with E-state index >= 15 is 0 Å². The summed E-state index contributed by atoms with van der Waals surface area (Å²) in [5.41, 5.74) is 1.49. The van der Waals surface area contributed by atoms with E-state index in [1.54, 1.807) is 25.2 Å². The topological polar surface area (TPSA) is 72.5 Å². The fourth-order valence-corrected chi connectivity index (χ4v) is 5.31. The van der Waals surface area contributed by atoms with Crippen molar-refractivity contribution in [1.82, 2.24) is 8.87 Å². The Labute approximate surface area is 160 Å². The van der Waals surface area contributed by atoms with E-state index in [4.69, 9.17) is 4.42 Å². The third-order valence-corrected chi connectivity index (χ3v) is 6.40. The van der Waals surface area contributed by atoms with E-state index in [0.717, 1.165) is 24.9 Å². The number of benzene rings is 1. The van der Waals surface area contributed by atoms with E-state index in [1.807, 2.05) is 0 Å². The number of carbonyl (C=O) groups excluding carboxylic acids is 2. The zero-order valence-corrected chi connectivity index (χ0v) is 16.7. The minimum Gasteiger partial charge on any atom is -0.408 e. The second-order valence-corrected chi connectivity index (χ2v) is 9.23. The number of nitrogens with zero attached hydrogens (tertiary/aromatic N) is 2. The van der Waals surface area contributed by atoms with Crippen molar-refractivity contribution in [2.75, 3.05) is 18.8 Å². The molecule has 2 atom stereocenters. The van der Waals surface area contributed by atoms with Crippen LogP contribution in [-0.4, -0.2) is 37.9 Å². The largest absolute Gasteiger partial charge is 0.419 e. The van der Waals surface area contributed by atoms with Gasteiger partial charge < -0.3 is 4.42 Å². The zero-order valence-electron chi connectivity index (χ0n) is 15.1. The van der Waals surface area contributed by atoms with Crippen LogP contribution < -0.4 is 5.76 Å². The Balaban J connectivity index is 1.57. The summed E-state index contributed by atoms with van der Waals surface area (Å²) >= 11 is 2.25. The van der Waals surface area contributed by atoms with Gasteiger partial charge >= 0.3 is 5.76 Å². The number of hydrogen-bond acceptors (Lipinski definition) is 7. The number of fused-ring (bicyclic) bond motifs is 1. The van der Waals surface area contributed by atoms with Crippen LogP contribution in [0.2, 0.25) is 0 Å². The van der Waals surface area contributed by atoms with Crippen molar-refractivity contribution in [3.05, 3.63) is 34.3 Å². The summed E-state index contributed by atoms with van der Waals surface area (Å²) in [5.74, 6) is 0.649. The lowest BCUT2D eigenvalue weighted by atomic mass is 9.94. The number of aromatic nitrogens is 1. The van der Waals surface area contributed by atoms with Crippen LogP contribution in [0.3, 0.4) is 0 Å². The Morgan fingerprint density at radius 2 is 1.92 bits per heavy atom. The Kier molecular flexibility index (Phi) is 5.94. The number of carbonyl (C=O) groups is 2. The van der Waals surface area contributed by atoms with Gasteiger partial charge in [0, 0.05) is 37.6 Å². The number of piperidine rings is 1. The van der Waals surface area contributed by atoms with Gasteiger partial charge in [0.2, 0.25) is 0 Å². The molecule has 0 saturated carbocycles. The summed E-state index contributed by atoms with van der Waals surface area (Å²) in [4.78, 5) is 36.1. The fourth-order valence-electron chi connectivity index (χ4n) is 3.32. The smallest absolute Gasteiger partial charge is 0.408 e. The summed E-state index contributed by atoms with van der Waals surface area (Å²) in [6, 6.07) is 4.87. The van der Waals surface area contributed by atoms with Crippen LogP contribution >= 0.6 is 23.7 Å². The van der Waals surface area contributed by atoms with E-state index in [0.29, 0.717) is 28.5 Å². The fraction of sp³-hybridized carbons (Fsp3) is 0.500. The van der Waals surface area contributed by atoms with Crippen LogP contribution in [-0.2, 0) is 7.05 Å². The van der Waals surface area contributed by atoms with Crippen molar-refractivity contribution in [3.63, 3.8) is 0 Å². The number of oxazole rings is 1.